The van der Waals surface area contributed by atoms with Crippen molar-refractivity contribution in [3.8, 4) is 5.75 Å². The number of aromatic nitrogens is 3. The zero-order valence-electron chi connectivity index (χ0n) is 12.5. The van der Waals surface area contributed by atoms with Crippen LogP contribution >= 0.6 is 0 Å². The Balaban J connectivity index is 1.88. The summed E-state index contributed by atoms with van der Waals surface area (Å²) in [7, 11) is 1.61. The van der Waals surface area contributed by atoms with Gasteiger partial charge in [0.2, 0.25) is 0 Å². The predicted molar refractivity (Wildman–Crippen MR) is 90.2 cm³/mol. The molecule has 3 aromatic rings. The van der Waals surface area contributed by atoms with Crippen LogP contribution in [0.1, 0.15) is 0 Å². The van der Waals surface area contributed by atoms with Crippen molar-refractivity contribution >= 4 is 28.7 Å². The third kappa shape index (κ3) is 3.29. The number of nitrogens with one attached hydrogen (secondary N) is 2. The first-order valence-corrected chi connectivity index (χ1v) is 6.95. The lowest BCUT2D eigenvalue weighted by molar-refractivity contribution is 0.417. The van der Waals surface area contributed by atoms with E-state index in [1.54, 1.807) is 19.5 Å². The fourth-order valence-corrected chi connectivity index (χ4v) is 2.04. The first-order chi connectivity index (χ1) is 11.3. The molecule has 0 saturated carbocycles. The molecule has 0 unspecified atom stereocenters. The van der Waals surface area contributed by atoms with Gasteiger partial charge in [-0.15, -0.1) is 0 Å². The number of hydrogen-bond donors (Lipinski definition) is 3. The molecule has 3 rings (SSSR count). The third-order valence-corrected chi connectivity index (χ3v) is 3.17. The number of nitrogens with two attached hydrogens (primary N) is 1. The van der Waals surface area contributed by atoms with E-state index in [9.17, 15) is 0 Å². The quantitative estimate of drug-likeness (QED) is 0.666. The minimum atomic E-state index is 0.405. The van der Waals surface area contributed by atoms with Crippen LogP contribution in [-0.4, -0.2) is 22.1 Å². The van der Waals surface area contributed by atoms with Crippen molar-refractivity contribution < 1.29 is 4.74 Å². The molecular weight excluding hydrogens is 292 g/mol. The van der Waals surface area contributed by atoms with E-state index in [4.69, 9.17) is 10.5 Å². The number of para-hydroxylation sites is 2. The molecule has 0 atom stereocenters. The topological polar surface area (TPSA) is 98.0 Å². The summed E-state index contributed by atoms with van der Waals surface area (Å²) in [6, 6.07) is 11.2. The number of methoxy groups -OCH3 is 1. The molecular formula is C16H16N6O. The molecule has 4 N–H and O–H groups in total. The first kappa shape index (κ1) is 14.6. The summed E-state index contributed by atoms with van der Waals surface area (Å²) >= 11 is 0. The van der Waals surface area contributed by atoms with Crippen LogP contribution in [0.3, 0.4) is 0 Å². The molecule has 0 aliphatic heterocycles. The number of rotatable bonds is 5. The minimum Gasteiger partial charge on any atom is -0.495 e. The van der Waals surface area contributed by atoms with E-state index in [1.165, 1.54) is 6.33 Å². The lowest BCUT2D eigenvalue weighted by atomic mass is 10.3. The van der Waals surface area contributed by atoms with Gasteiger partial charge in [0, 0.05) is 6.20 Å². The smallest absolute Gasteiger partial charge is 0.159 e. The van der Waals surface area contributed by atoms with Gasteiger partial charge in [0.15, 0.2) is 11.6 Å². The number of ether oxygens (including phenoxy) is 1. The molecule has 0 aliphatic carbocycles. The van der Waals surface area contributed by atoms with E-state index >= 15 is 0 Å². The van der Waals surface area contributed by atoms with Gasteiger partial charge < -0.3 is 21.1 Å². The van der Waals surface area contributed by atoms with Gasteiger partial charge in [0.05, 0.1) is 24.7 Å². The normalized spacial score (nSPS) is 10.1. The lowest BCUT2D eigenvalue weighted by Crippen LogP contribution is -2.05. The van der Waals surface area contributed by atoms with Crippen LogP contribution in [0.15, 0.2) is 55.1 Å². The molecule has 116 valence electrons. The summed E-state index contributed by atoms with van der Waals surface area (Å²) < 4.78 is 5.31. The maximum absolute atomic E-state index is 6.16. The van der Waals surface area contributed by atoms with Gasteiger partial charge in [-0.1, -0.05) is 12.1 Å². The van der Waals surface area contributed by atoms with Gasteiger partial charge in [-0.25, -0.2) is 9.97 Å². The molecule has 0 amide bonds. The number of nitrogens with zero attached hydrogens (tertiary/aromatic N) is 3. The highest BCUT2D eigenvalue weighted by atomic mass is 16.5. The van der Waals surface area contributed by atoms with Gasteiger partial charge in [0.25, 0.3) is 0 Å². The number of benzene rings is 1. The molecule has 0 bridgehead atoms. The Morgan fingerprint density at radius 1 is 1.00 bits per heavy atom. The highest BCUT2D eigenvalue weighted by Gasteiger charge is 2.10. The van der Waals surface area contributed by atoms with Crippen LogP contribution in [0.25, 0.3) is 0 Å². The summed E-state index contributed by atoms with van der Waals surface area (Å²) in [6.07, 6.45) is 4.82. The van der Waals surface area contributed by atoms with E-state index in [2.05, 4.69) is 25.6 Å². The average molecular weight is 308 g/mol. The Morgan fingerprint density at radius 2 is 1.78 bits per heavy atom. The van der Waals surface area contributed by atoms with Gasteiger partial charge in [0.1, 0.15) is 17.8 Å². The minimum absolute atomic E-state index is 0.405. The molecule has 2 aromatic heterocycles. The summed E-state index contributed by atoms with van der Waals surface area (Å²) in [5.74, 6) is 1.70. The second-order valence-electron chi connectivity index (χ2n) is 4.68. The van der Waals surface area contributed by atoms with Crippen molar-refractivity contribution in [2.24, 2.45) is 0 Å². The van der Waals surface area contributed by atoms with Crippen LogP contribution in [-0.2, 0) is 0 Å². The summed E-state index contributed by atoms with van der Waals surface area (Å²) in [5, 5.41) is 6.28. The molecule has 2 heterocycles. The van der Waals surface area contributed by atoms with Crippen molar-refractivity contribution in [3.05, 3.63) is 55.1 Å². The molecule has 7 nitrogen and oxygen atoms in total. The van der Waals surface area contributed by atoms with Gasteiger partial charge in [-0.2, -0.15) is 0 Å². The SMILES string of the molecule is COc1ccccc1Nc1ncnc(Nc2cccnc2)c1N. The zero-order chi connectivity index (χ0) is 16.1. The van der Waals surface area contributed by atoms with Crippen molar-refractivity contribution in [1.82, 2.24) is 15.0 Å². The Kier molecular flexibility index (Phi) is 4.19. The Hall–Kier alpha value is -3.35. The molecule has 0 aliphatic rings. The monoisotopic (exact) mass is 308 g/mol. The third-order valence-electron chi connectivity index (χ3n) is 3.17. The van der Waals surface area contributed by atoms with Crippen molar-refractivity contribution in [2.75, 3.05) is 23.5 Å². The molecule has 0 saturated heterocycles. The molecule has 23 heavy (non-hydrogen) atoms. The van der Waals surface area contributed by atoms with E-state index in [1.807, 2.05) is 36.4 Å². The summed E-state index contributed by atoms with van der Waals surface area (Å²) in [4.78, 5) is 12.4. The number of hydrogen-bond acceptors (Lipinski definition) is 7. The molecule has 0 spiro atoms. The van der Waals surface area contributed by atoms with Crippen molar-refractivity contribution in [1.29, 1.82) is 0 Å². The first-order valence-electron chi connectivity index (χ1n) is 6.95. The largest absolute Gasteiger partial charge is 0.495 e. The molecule has 7 heteroatoms. The molecule has 0 radical (unpaired) electrons. The van der Waals surface area contributed by atoms with E-state index in [0.29, 0.717) is 23.1 Å². The lowest BCUT2D eigenvalue weighted by Gasteiger charge is -2.14. The Morgan fingerprint density at radius 3 is 2.52 bits per heavy atom. The number of nitrogen functional groups attached to an aromatic ring is 1. The van der Waals surface area contributed by atoms with Crippen LogP contribution in [0.2, 0.25) is 0 Å². The van der Waals surface area contributed by atoms with Crippen LogP contribution in [0.5, 0.6) is 5.75 Å². The second kappa shape index (κ2) is 6.61. The molecule has 0 fully saturated rings. The van der Waals surface area contributed by atoms with E-state index < -0.39 is 0 Å². The summed E-state index contributed by atoms with van der Waals surface area (Å²) in [6.45, 7) is 0. The van der Waals surface area contributed by atoms with Gasteiger partial charge in [-0.05, 0) is 24.3 Å². The fraction of sp³-hybridized carbons (Fsp3) is 0.0625. The highest BCUT2D eigenvalue weighted by Crippen LogP contribution is 2.31. The Labute approximate surface area is 133 Å². The van der Waals surface area contributed by atoms with E-state index in [0.717, 1.165) is 11.4 Å². The van der Waals surface area contributed by atoms with Crippen molar-refractivity contribution in [2.45, 2.75) is 0 Å². The van der Waals surface area contributed by atoms with Crippen LogP contribution in [0, 0.1) is 0 Å². The van der Waals surface area contributed by atoms with Crippen molar-refractivity contribution in [3.63, 3.8) is 0 Å². The standard InChI is InChI=1S/C16H16N6O/c1-23-13-7-3-2-6-12(13)22-16-14(17)15(19-10-20-16)21-11-5-4-8-18-9-11/h2-10H,17H2,1H3,(H2,19,20,21,22). The maximum atomic E-state index is 6.16. The predicted octanol–water partition coefficient (Wildman–Crippen LogP) is 2.95. The highest BCUT2D eigenvalue weighted by molar-refractivity contribution is 5.81. The van der Waals surface area contributed by atoms with Gasteiger partial charge >= 0.3 is 0 Å². The average Bonchev–Trinajstić information content (AvgIpc) is 2.60. The number of anilines is 5. The van der Waals surface area contributed by atoms with Crippen LogP contribution < -0.4 is 21.1 Å². The summed E-state index contributed by atoms with van der Waals surface area (Å²) in [5.41, 5.74) is 8.13. The Bertz CT molecular complexity index is 794. The zero-order valence-corrected chi connectivity index (χ0v) is 12.5. The molecule has 1 aromatic carbocycles. The van der Waals surface area contributed by atoms with Crippen LogP contribution in [0.4, 0.5) is 28.7 Å². The maximum Gasteiger partial charge on any atom is 0.159 e. The second-order valence-corrected chi connectivity index (χ2v) is 4.68. The van der Waals surface area contributed by atoms with Gasteiger partial charge in [-0.3, -0.25) is 4.98 Å². The number of pyridine rings is 1. The fourth-order valence-electron chi connectivity index (χ4n) is 2.04. The van der Waals surface area contributed by atoms with E-state index in [-0.39, 0.29) is 0 Å².